The Morgan fingerprint density at radius 2 is 2.00 bits per heavy atom. The molecule has 1 aromatic carbocycles. The standard InChI is InChI=1S/C8H11BO4/c1-11-9(10)13-12-7-8-5-3-2-4-6-8/h2-6,10H,7H2,1H3. The predicted molar refractivity (Wildman–Crippen MR) is 47.3 cm³/mol. The molecule has 0 radical (unpaired) electrons. The number of benzene rings is 1. The van der Waals surface area contributed by atoms with E-state index in [0.29, 0.717) is 0 Å². The van der Waals surface area contributed by atoms with Gasteiger partial charge in [-0.25, -0.2) is 9.69 Å². The Morgan fingerprint density at radius 3 is 2.62 bits per heavy atom. The summed E-state index contributed by atoms with van der Waals surface area (Å²) in [7, 11) is -0.0139. The van der Waals surface area contributed by atoms with E-state index in [2.05, 4.69) is 9.46 Å². The van der Waals surface area contributed by atoms with Crippen molar-refractivity contribution >= 4 is 7.32 Å². The lowest BCUT2D eigenvalue weighted by atomic mass is 10.2. The summed E-state index contributed by atoms with van der Waals surface area (Å²) in [5.41, 5.74) is 0.964. The second kappa shape index (κ2) is 5.72. The maximum Gasteiger partial charge on any atom is 0.665 e. The average molecular weight is 182 g/mol. The summed E-state index contributed by atoms with van der Waals surface area (Å²) in [6, 6.07) is 9.48. The summed E-state index contributed by atoms with van der Waals surface area (Å²) in [4.78, 5) is 9.13. The van der Waals surface area contributed by atoms with Crippen LogP contribution in [-0.2, 0) is 21.0 Å². The van der Waals surface area contributed by atoms with E-state index in [0.717, 1.165) is 5.56 Å². The van der Waals surface area contributed by atoms with Gasteiger partial charge in [-0.1, -0.05) is 30.3 Å². The molecule has 13 heavy (non-hydrogen) atoms. The second-order valence-corrected chi connectivity index (χ2v) is 2.39. The first kappa shape index (κ1) is 10.2. The molecule has 1 rings (SSSR count). The van der Waals surface area contributed by atoms with Crippen molar-refractivity contribution in [3.8, 4) is 0 Å². The van der Waals surface area contributed by atoms with Crippen LogP contribution in [0.25, 0.3) is 0 Å². The van der Waals surface area contributed by atoms with E-state index in [-0.39, 0.29) is 6.61 Å². The third kappa shape index (κ3) is 4.05. The molecule has 0 saturated carbocycles. The highest BCUT2D eigenvalue weighted by molar-refractivity contribution is 6.34. The Hall–Kier alpha value is -0.875. The topological polar surface area (TPSA) is 47.9 Å². The Morgan fingerprint density at radius 1 is 1.31 bits per heavy atom. The Bertz CT molecular complexity index is 229. The van der Waals surface area contributed by atoms with Crippen LogP contribution in [-0.4, -0.2) is 19.5 Å². The summed E-state index contributed by atoms with van der Waals surface area (Å²) < 4.78 is 4.40. The van der Waals surface area contributed by atoms with Crippen LogP contribution in [0, 0.1) is 0 Å². The molecule has 0 aliphatic heterocycles. The first-order chi connectivity index (χ1) is 6.33. The summed E-state index contributed by atoms with van der Waals surface area (Å²) in [6.45, 7) is 0.279. The van der Waals surface area contributed by atoms with Crippen LogP contribution in [0.5, 0.6) is 0 Å². The molecular weight excluding hydrogens is 171 g/mol. The van der Waals surface area contributed by atoms with E-state index >= 15 is 0 Å². The van der Waals surface area contributed by atoms with Crippen LogP contribution >= 0.6 is 0 Å². The van der Waals surface area contributed by atoms with Crippen molar-refractivity contribution in [3.05, 3.63) is 35.9 Å². The van der Waals surface area contributed by atoms with E-state index in [1.807, 2.05) is 30.3 Å². The van der Waals surface area contributed by atoms with Gasteiger partial charge in [0.05, 0.1) is 0 Å². The zero-order chi connectivity index (χ0) is 9.52. The van der Waals surface area contributed by atoms with Crippen LogP contribution in [0.2, 0.25) is 0 Å². The monoisotopic (exact) mass is 182 g/mol. The van der Waals surface area contributed by atoms with E-state index in [1.54, 1.807) is 0 Å². The van der Waals surface area contributed by atoms with Gasteiger partial charge < -0.3 is 9.68 Å². The molecule has 0 amide bonds. The maximum atomic E-state index is 8.77. The Labute approximate surface area is 77.2 Å². The molecule has 0 fully saturated rings. The quantitative estimate of drug-likeness (QED) is 0.414. The van der Waals surface area contributed by atoms with E-state index in [9.17, 15) is 0 Å². The Kier molecular flexibility index (Phi) is 4.49. The average Bonchev–Trinajstić information content (AvgIpc) is 2.19. The van der Waals surface area contributed by atoms with E-state index in [1.165, 1.54) is 7.11 Å². The molecule has 0 atom stereocenters. The van der Waals surface area contributed by atoms with Gasteiger partial charge in [0.1, 0.15) is 6.61 Å². The zero-order valence-corrected chi connectivity index (χ0v) is 7.34. The molecule has 1 aromatic rings. The smallest absolute Gasteiger partial charge is 0.400 e. The van der Waals surface area contributed by atoms with Crippen LogP contribution in [0.1, 0.15) is 5.56 Å². The molecule has 70 valence electrons. The van der Waals surface area contributed by atoms with Crippen molar-refractivity contribution in [1.82, 2.24) is 0 Å². The fourth-order valence-corrected chi connectivity index (χ4v) is 0.774. The highest BCUT2D eigenvalue weighted by atomic mass is 17.2. The van der Waals surface area contributed by atoms with E-state index < -0.39 is 7.32 Å². The SMILES string of the molecule is COB(O)OOCc1ccccc1. The van der Waals surface area contributed by atoms with Crippen molar-refractivity contribution in [3.63, 3.8) is 0 Å². The van der Waals surface area contributed by atoms with Gasteiger partial charge in [-0.05, 0) is 5.56 Å². The summed E-state index contributed by atoms with van der Waals surface area (Å²) in [6.07, 6.45) is 0. The van der Waals surface area contributed by atoms with Crippen LogP contribution in [0.3, 0.4) is 0 Å². The third-order valence-electron chi connectivity index (χ3n) is 1.42. The Balaban J connectivity index is 2.20. The first-order valence-corrected chi connectivity index (χ1v) is 3.86. The van der Waals surface area contributed by atoms with Gasteiger partial charge in [-0.3, -0.25) is 0 Å². The zero-order valence-electron chi connectivity index (χ0n) is 7.34. The molecule has 5 heteroatoms. The lowest BCUT2D eigenvalue weighted by Gasteiger charge is -2.04. The molecule has 0 spiro atoms. The number of rotatable bonds is 5. The molecular formula is C8H11BO4. The minimum Gasteiger partial charge on any atom is -0.400 e. The fraction of sp³-hybridized carbons (Fsp3) is 0.250. The van der Waals surface area contributed by atoms with Gasteiger partial charge >= 0.3 is 7.32 Å². The second-order valence-electron chi connectivity index (χ2n) is 2.39. The summed E-state index contributed by atoms with van der Waals surface area (Å²) >= 11 is 0. The molecule has 0 heterocycles. The van der Waals surface area contributed by atoms with Gasteiger partial charge in [-0.2, -0.15) is 0 Å². The minimum atomic E-state index is -1.33. The fourth-order valence-electron chi connectivity index (χ4n) is 0.774. The highest BCUT2D eigenvalue weighted by Gasteiger charge is 2.13. The van der Waals surface area contributed by atoms with Crippen molar-refractivity contribution in [2.45, 2.75) is 6.61 Å². The van der Waals surface area contributed by atoms with Crippen molar-refractivity contribution in [2.75, 3.05) is 7.11 Å². The molecule has 1 N–H and O–H groups in total. The van der Waals surface area contributed by atoms with Crippen LogP contribution < -0.4 is 0 Å². The minimum absolute atomic E-state index is 0.279. The summed E-state index contributed by atoms with van der Waals surface area (Å²) in [5.74, 6) is 0. The van der Waals surface area contributed by atoms with Gasteiger partial charge in [0.2, 0.25) is 0 Å². The molecule has 0 aromatic heterocycles. The third-order valence-corrected chi connectivity index (χ3v) is 1.42. The normalized spacial score (nSPS) is 10.0. The predicted octanol–water partition coefficient (Wildman–Crippen LogP) is 0.758. The maximum absolute atomic E-state index is 8.77. The van der Waals surface area contributed by atoms with Crippen molar-refractivity contribution < 1.29 is 19.4 Å². The van der Waals surface area contributed by atoms with Gasteiger partial charge in [0.15, 0.2) is 0 Å². The molecule has 0 bridgehead atoms. The van der Waals surface area contributed by atoms with Crippen molar-refractivity contribution in [1.29, 1.82) is 0 Å². The van der Waals surface area contributed by atoms with Gasteiger partial charge in [-0.15, -0.1) is 0 Å². The highest BCUT2D eigenvalue weighted by Crippen LogP contribution is 2.00. The largest absolute Gasteiger partial charge is 0.665 e. The molecule has 0 aliphatic carbocycles. The van der Waals surface area contributed by atoms with Crippen LogP contribution in [0.15, 0.2) is 30.3 Å². The molecule has 0 aliphatic rings. The molecule has 0 saturated heterocycles. The number of hydrogen-bond donors (Lipinski definition) is 1. The van der Waals surface area contributed by atoms with Crippen molar-refractivity contribution in [2.24, 2.45) is 0 Å². The first-order valence-electron chi connectivity index (χ1n) is 3.86. The van der Waals surface area contributed by atoms with Gasteiger partial charge in [0.25, 0.3) is 0 Å². The molecule has 4 nitrogen and oxygen atoms in total. The van der Waals surface area contributed by atoms with Crippen LogP contribution in [0.4, 0.5) is 0 Å². The summed E-state index contributed by atoms with van der Waals surface area (Å²) in [5, 5.41) is 8.77. The van der Waals surface area contributed by atoms with Gasteiger partial charge in [0, 0.05) is 7.11 Å². The lowest BCUT2D eigenvalue weighted by molar-refractivity contribution is -0.246. The number of hydrogen-bond acceptors (Lipinski definition) is 4. The molecule has 0 unspecified atom stereocenters. The lowest BCUT2D eigenvalue weighted by Crippen LogP contribution is -2.20. The van der Waals surface area contributed by atoms with E-state index in [4.69, 9.17) is 9.91 Å².